The van der Waals surface area contributed by atoms with Gasteiger partial charge in [-0.1, -0.05) is 43.7 Å². The van der Waals surface area contributed by atoms with Crippen molar-refractivity contribution in [1.29, 1.82) is 0 Å². The van der Waals surface area contributed by atoms with Crippen molar-refractivity contribution in [3.05, 3.63) is 35.9 Å². The highest BCUT2D eigenvalue weighted by Gasteiger charge is 2.22. The van der Waals surface area contributed by atoms with Gasteiger partial charge >= 0.3 is 5.97 Å². The topological polar surface area (TPSA) is 81.4 Å². The van der Waals surface area contributed by atoms with Crippen LogP contribution in [0.5, 0.6) is 0 Å². The van der Waals surface area contributed by atoms with E-state index in [1.807, 2.05) is 37.3 Å². The molecule has 116 valence electrons. The number of esters is 1. The molecule has 2 unspecified atom stereocenters. The fraction of sp³-hybridized carbons (Fsp3) is 0.500. The van der Waals surface area contributed by atoms with Gasteiger partial charge in [0.2, 0.25) is 5.91 Å². The molecule has 1 aromatic carbocycles. The van der Waals surface area contributed by atoms with Crippen LogP contribution in [0.15, 0.2) is 30.3 Å². The first kappa shape index (κ1) is 17.2. The van der Waals surface area contributed by atoms with Crippen molar-refractivity contribution >= 4 is 11.9 Å². The van der Waals surface area contributed by atoms with Crippen molar-refractivity contribution in [2.75, 3.05) is 13.7 Å². The van der Waals surface area contributed by atoms with Crippen molar-refractivity contribution in [2.45, 2.75) is 32.2 Å². The number of ether oxygens (including phenoxy) is 1. The van der Waals surface area contributed by atoms with Crippen LogP contribution in [0.3, 0.4) is 0 Å². The smallest absolute Gasteiger partial charge is 0.328 e. The summed E-state index contributed by atoms with van der Waals surface area (Å²) in [7, 11) is 1.32. The van der Waals surface area contributed by atoms with Crippen LogP contribution in [0, 0.1) is 5.92 Å². The Labute approximate surface area is 125 Å². The molecule has 2 atom stereocenters. The van der Waals surface area contributed by atoms with E-state index in [9.17, 15) is 9.59 Å². The highest BCUT2D eigenvalue weighted by molar-refractivity contribution is 5.84. The molecular formula is C16H24N2O3. The number of hydrogen-bond donors (Lipinski definition) is 2. The van der Waals surface area contributed by atoms with E-state index in [-0.39, 0.29) is 11.8 Å². The predicted octanol–water partition coefficient (Wildman–Crippen LogP) is 1.26. The molecule has 21 heavy (non-hydrogen) atoms. The molecule has 1 rings (SSSR count). The van der Waals surface area contributed by atoms with Gasteiger partial charge in [-0.3, -0.25) is 4.79 Å². The van der Waals surface area contributed by atoms with Gasteiger partial charge < -0.3 is 15.8 Å². The van der Waals surface area contributed by atoms with Gasteiger partial charge in [0.15, 0.2) is 0 Å². The predicted molar refractivity (Wildman–Crippen MR) is 81.5 cm³/mol. The third-order valence-corrected chi connectivity index (χ3v) is 3.49. The SMILES string of the molecule is CCC(CN)CC(=O)NC(Cc1ccccc1)C(=O)OC. The summed E-state index contributed by atoms with van der Waals surface area (Å²) >= 11 is 0. The first-order valence-corrected chi connectivity index (χ1v) is 7.21. The molecule has 0 aliphatic carbocycles. The van der Waals surface area contributed by atoms with Crippen LogP contribution in [0.4, 0.5) is 0 Å². The van der Waals surface area contributed by atoms with Crippen molar-refractivity contribution in [1.82, 2.24) is 5.32 Å². The van der Waals surface area contributed by atoms with Gasteiger partial charge in [-0.15, -0.1) is 0 Å². The molecule has 0 spiro atoms. The molecule has 5 heteroatoms. The number of nitrogens with two attached hydrogens (primary N) is 1. The summed E-state index contributed by atoms with van der Waals surface area (Å²) < 4.78 is 4.76. The average molecular weight is 292 g/mol. The number of amides is 1. The van der Waals surface area contributed by atoms with Gasteiger partial charge in [0.1, 0.15) is 6.04 Å². The zero-order chi connectivity index (χ0) is 15.7. The van der Waals surface area contributed by atoms with Crippen LogP contribution in [-0.2, 0) is 20.7 Å². The van der Waals surface area contributed by atoms with Crippen molar-refractivity contribution in [3.8, 4) is 0 Å². The lowest BCUT2D eigenvalue weighted by molar-refractivity contribution is -0.145. The number of carbonyl (C=O) groups is 2. The summed E-state index contributed by atoms with van der Waals surface area (Å²) in [4.78, 5) is 23.8. The fourth-order valence-corrected chi connectivity index (χ4v) is 2.10. The normalized spacial score (nSPS) is 13.3. The van der Waals surface area contributed by atoms with E-state index in [2.05, 4.69) is 5.32 Å². The second-order valence-electron chi connectivity index (χ2n) is 5.05. The molecule has 0 aliphatic heterocycles. The number of benzene rings is 1. The monoisotopic (exact) mass is 292 g/mol. The summed E-state index contributed by atoms with van der Waals surface area (Å²) in [6.07, 6.45) is 1.58. The van der Waals surface area contributed by atoms with Crippen LogP contribution in [-0.4, -0.2) is 31.6 Å². The Kier molecular flexibility index (Phi) is 7.46. The molecule has 1 aromatic rings. The summed E-state index contributed by atoms with van der Waals surface area (Å²) in [5, 5.41) is 2.75. The van der Waals surface area contributed by atoms with Gasteiger partial charge in [-0.05, 0) is 18.0 Å². The Morgan fingerprint density at radius 1 is 1.29 bits per heavy atom. The summed E-state index contributed by atoms with van der Waals surface area (Å²) in [5.74, 6) is -0.466. The summed E-state index contributed by atoms with van der Waals surface area (Å²) in [5.41, 5.74) is 6.57. The van der Waals surface area contributed by atoms with Crippen LogP contribution < -0.4 is 11.1 Å². The fourth-order valence-electron chi connectivity index (χ4n) is 2.10. The van der Waals surface area contributed by atoms with E-state index in [0.717, 1.165) is 12.0 Å². The zero-order valence-corrected chi connectivity index (χ0v) is 12.7. The van der Waals surface area contributed by atoms with Crippen LogP contribution in [0.25, 0.3) is 0 Å². The summed E-state index contributed by atoms with van der Waals surface area (Å²) in [6.45, 7) is 2.46. The molecule has 0 saturated heterocycles. The minimum Gasteiger partial charge on any atom is -0.467 e. The number of nitrogens with one attached hydrogen (secondary N) is 1. The van der Waals surface area contributed by atoms with E-state index in [4.69, 9.17) is 10.5 Å². The lowest BCUT2D eigenvalue weighted by Crippen LogP contribution is -2.43. The molecule has 0 saturated carbocycles. The highest BCUT2D eigenvalue weighted by atomic mass is 16.5. The Morgan fingerprint density at radius 2 is 1.95 bits per heavy atom. The highest BCUT2D eigenvalue weighted by Crippen LogP contribution is 2.08. The number of rotatable bonds is 8. The second-order valence-corrected chi connectivity index (χ2v) is 5.05. The quantitative estimate of drug-likeness (QED) is 0.707. The zero-order valence-electron chi connectivity index (χ0n) is 12.7. The van der Waals surface area contributed by atoms with E-state index >= 15 is 0 Å². The molecule has 1 amide bonds. The molecule has 0 radical (unpaired) electrons. The van der Waals surface area contributed by atoms with Gasteiger partial charge in [0.05, 0.1) is 7.11 Å². The molecular weight excluding hydrogens is 268 g/mol. The van der Waals surface area contributed by atoms with Crippen molar-refractivity contribution in [2.24, 2.45) is 11.7 Å². The molecule has 0 aliphatic rings. The molecule has 0 fully saturated rings. The maximum absolute atomic E-state index is 12.0. The lowest BCUT2D eigenvalue weighted by Gasteiger charge is -2.18. The van der Waals surface area contributed by atoms with Crippen LogP contribution in [0.2, 0.25) is 0 Å². The first-order valence-electron chi connectivity index (χ1n) is 7.21. The Morgan fingerprint density at radius 3 is 2.48 bits per heavy atom. The van der Waals surface area contributed by atoms with Gasteiger partial charge in [-0.25, -0.2) is 4.79 Å². The first-order chi connectivity index (χ1) is 10.1. The van der Waals surface area contributed by atoms with Crippen LogP contribution in [0.1, 0.15) is 25.3 Å². The minimum atomic E-state index is -0.666. The number of carbonyl (C=O) groups excluding carboxylic acids is 2. The maximum atomic E-state index is 12.0. The summed E-state index contributed by atoms with van der Waals surface area (Å²) in [6, 6.07) is 8.86. The maximum Gasteiger partial charge on any atom is 0.328 e. The largest absolute Gasteiger partial charge is 0.467 e. The van der Waals surface area contributed by atoms with Gasteiger partial charge in [0.25, 0.3) is 0 Å². The van der Waals surface area contributed by atoms with Gasteiger partial charge in [-0.2, -0.15) is 0 Å². The van der Waals surface area contributed by atoms with E-state index < -0.39 is 12.0 Å². The third-order valence-electron chi connectivity index (χ3n) is 3.49. The average Bonchev–Trinajstić information content (AvgIpc) is 2.52. The van der Waals surface area contributed by atoms with Crippen molar-refractivity contribution < 1.29 is 14.3 Å². The van der Waals surface area contributed by atoms with Crippen molar-refractivity contribution in [3.63, 3.8) is 0 Å². The van der Waals surface area contributed by atoms with E-state index in [0.29, 0.717) is 19.4 Å². The minimum absolute atomic E-state index is 0.139. The molecule has 0 bridgehead atoms. The third kappa shape index (κ3) is 5.95. The standard InChI is InChI=1S/C16H24N2O3/c1-3-12(11-17)10-15(19)18-14(16(20)21-2)9-13-7-5-4-6-8-13/h4-8,12,14H,3,9-11,17H2,1-2H3,(H,18,19). The number of methoxy groups -OCH3 is 1. The Hall–Kier alpha value is -1.88. The van der Waals surface area contributed by atoms with E-state index in [1.165, 1.54) is 7.11 Å². The lowest BCUT2D eigenvalue weighted by atomic mass is 10.0. The van der Waals surface area contributed by atoms with Crippen LogP contribution >= 0.6 is 0 Å². The molecule has 0 heterocycles. The molecule has 5 nitrogen and oxygen atoms in total. The second kappa shape index (κ2) is 9.13. The Bertz CT molecular complexity index is 444. The van der Waals surface area contributed by atoms with Gasteiger partial charge in [0, 0.05) is 12.8 Å². The molecule has 3 N–H and O–H groups in total. The van der Waals surface area contributed by atoms with E-state index in [1.54, 1.807) is 0 Å². The Balaban J connectivity index is 2.66. The number of hydrogen-bond acceptors (Lipinski definition) is 4. The molecule has 0 aromatic heterocycles.